The van der Waals surface area contributed by atoms with E-state index in [4.69, 9.17) is 11.6 Å². The van der Waals surface area contributed by atoms with Gasteiger partial charge in [0.2, 0.25) is 0 Å². The number of allylic oxidation sites excluding steroid dienone is 2. The third kappa shape index (κ3) is 3.47. The summed E-state index contributed by atoms with van der Waals surface area (Å²) < 4.78 is 0. The van der Waals surface area contributed by atoms with E-state index < -0.39 is 5.92 Å². The van der Waals surface area contributed by atoms with Crippen molar-refractivity contribution in [3.05, 3.63) is 74.0 Å². The second-order valence-electron chi connectivity index (χ2n) is 6.89. The molecule has 2 aromatic rings. The number of dihydropyridines is 1. The number of rotatable bonds is 3. The normalized spacial score (nSPS) is 17.9. The van der Waals surface area contributed by atoms with Crippen LogP contribution in [0, 0.1) is 34.0 Å². The maximum Gasteiger partial charge on any atom is 0.123 e. The largest absolute Gasteiger partial charge is 0.346 e. The lowest BCUT2D eigenvalue weighted by Gasteiger charge is -2.24. The highest BCUT2D eigenvalue weighted by Crippen LogP contribution is 2.40. The predicted octanol–water partition coefficient (Wildman–Crippen LogP) is 5.09. The fourth-order valence-corrected chi connectivity index (χ4v) is 5.19. The minimum absolute atomic E-state index is 0.404. The molecule has 1 aliphatic carbocycles. The molecule has 1 aliphatic heterocycles. The van der Waals surface area contributed by atoms with Crippen molar-refractivity contribution in [3.63, 3.8) is 0 Å². The molecule has 1 aromatic carbocycles. The second kappa shape index (κ2) is 8.02. The van der Waals surface area contributed by atoms with E-state index in [0.717, 1.165) is 41.8 Å². The summed E-state index contributed by atoms with van der Waals surface area (Å²) in [7, 11) is 0. The third-order valence-electron chi connectivity index (χ3n) is 5.22. The molecule has 0 bridgehead atoms. The Hall–Kier alpha value is -3.24. The SMILES string of the molecule is N#CC1=CNC(Nc2sc3c(c2C#N)CCCC3)=C(C#N)C1c1ccc(Cl)cc1. The van der Waals surface area contributed by atoms with Crippen LogP contribution in [0.5, 0.6) is 0 Å². The third-order valence-corrected chi connectivity index (χ3v) is 6.67. The summed E-state index contributed by atoms with van der Waals surface area (Å²) >= 11 is 7.58. The molecule has 5 nitrogen and oxygen atoms in total. The van der Waals surface area contributed by atoms with E-state index in [2.05, 4.69) is 28.8 Å². The Morgan fingerprint density at radius 3 is 2.48 bits per heavy atom. The van der Waals surface area contributed by atoms with E-state index in [1.54, 1.807) is 29.7 Å². The van der Waals surface area contributed by atoms with Gasteiger partial charge in [-0.2, -0.15) is 15.8 Å². The zero-order chi connectivity index (χ0) is 20.4. The predicted molar refractivity (Wildman–Crippen MR) is 113 cm³/mol. The van der Waals surface area contributed by atoms with Gasteiger partial charge in [-0.3, -0.25) is 0 Å². The zero-order valence-electron chi connectivity index (χ0n) is 15.4. The summed E-state index contributed by atoms with van der Waals surface area (Å²) in [6, 6.07) is 13.9. The van der Waals surface area contributed by atoms with E-state index in [1.807, 2.05) is 12.1 Å². The van der Waals surface area contributed by atoms with Crippen molar-refractivity contribution in [1.82, 2.24) is 5.32 Å². The molecule has 142 valence electrons. The smallest absolute Gasteiger partial charge is 0.123 e. The Balaban J connectivity index is 1.76. The fraction of sp³-hybridized carbons (Fsp3) is 0.227. The van der Waals surface area contributed by atoms with Crippen LogP contribution in [0.3, 0.4) is 0 Å². The van der Waals surface area contributed by atoms with Gasteiger partial charge in [-0.25, -0.2) is 0 Å². The minimum Gasteiger partial charge on any atom is -0.346 e. The molecular formula is C22H16ClN5S. The summed E-state index contributed by atoms with van der Waals surface area (Å²) in [4.78, 5) is 1.24. The lowest BCUT2D eigenvalue weighted by molar-refractivity contribution is 0.696. The summed E-state index contributed by atoms with van der Waals surface area (Å²) in [6.45, 7) is 0. The molecule has 0 amide bonds. The molecular weight excluding hydrogens is 402 g/mol. The Morgan fingerprint density at radius 1 is 1.03 bits per heavy atom. The maximum atomic E-state index is 9.92. The lowest BCUT2D eigenvalue weighted by atomic mass is 9.84. The van der Waals surface area contributed by atoms with Crippen molar-refractivity contribution in [1.29, 1.82) is 15.8 Å². The van der Waals surface area contributed by atoms with Gasteiger partial charge in [-0.1, -0.05) is 23.7 Å². The first kappa shape index (κ1) is 19.1. The Morgan fingerprint density at radius 2 is 1.79 bits per heavy atom. The summed E-state index contributed by atoms with van der Waals surface area (Å²) in [5.41, 5.74) is 3.45. The molecule has 2 heterocycles. The van der Waals surface area contributed by atoms with Crippen molar-refractivity contribution in [3.8, 4) is 18.2 Å². The van der Waals surface area contributed by atoms with Crippen LogP contribution >= 0.6 is 22.9 Å². The molecule has 1 atom stereocenters. The number of thiophene rings is 1. The van der Waals surface area contributed by atoms with Gasteiger partial charge in [-0.05, 0) is 48.9 Å². The van der Waals surface area contributed by atoms with Crippen LogP contribution in [0.25, 0.3) is 0 Å². The number of fused-ring (bicyclic) bond motifs is 1. The number of nitrogens with zero attached hydrogens (tertiary/aromatic N) is 3. The number of halogens is 1. The zero-order valence-corrected chi connectivity index (χ0v) is 17.0. The first-order chi connectivity index (χ1) is 14.2. The van der Waals surface area contributed by atoms with Gasteiger partial charge < -0.3 is 10.6 Å². The number of hydrogen-bond acceptors (Lipinski definition) is 6. The van der Waals surface area contributed by atoms with Crippen molar-refractivity contribution < 1.29 is 0 Å². The molecule has 2 N–H and O–H groups in total. The fourth-order valence-electron chi connectivity index (χ4n) is 3.82. The summed E-state index contributed by atoms with van der Waals surface area (Å²) in [5.74, 6) is 0.00712. The van der Waals surface area contributed by atoms with E-state index in [-0.39, 0.29) is 0 Å². The van der Waals surface area contributed by atoms with Gasteiger partial charge in [0, 0.05) is 16.1 Å². The standard InChI is InChI=1S/C22H16ClN5S/c23-15-7-5-13(6-8-15)20-14(9-24)12-27-21(18(20)11-26)28-22-17(10-25)16-3-1-2-4-19(16)29-22/h5-8,12,20,27-28H,1-4H2. The van der Waals surface area contributed by atoms with E-state index >= 15 is 0 Å². The van der Waals surface area contributed by atoms with Gasteiger partial charge in [0.15, 0.2) is 0 Å². The molecule has 4 rings (SSSR count). The summed E-state index contributed by atoms with van der Waals surface area (Å²) in [5, 5.41) is 36.9. The van der Waals surface area contributed by atoms with Gasteiger partial charge in [0.1, 0.15) is 16.9 Å². The minimum atomic E-state index is -0.494. The average Bonchev–Trinajstić information content (AvgIpc) is 3.11. The Kier molecular flexibility index (Phi) is 5.28. The van der Waals surface area contributed by atoms with Gasteiger partial charge in [0.05, 0.1) is 34.8 Å². The number of aryl methyl sites for hydroxylation is 1. The molecule has 0 spiro atoms. The first-order valence-electron chi connectivity index (χ1n) is 9.24. The molecule has 1 unspecified atom stereocenters. The molecule has 2 aliphatic rings. The van der Waals surface area contributed by atoms with Crippen LogP contribution in [0.15, 0.2) is 47.4 Å². The van der Waals surface area contributed by atoms with E-state index in [0.29, 0.717) is 27.6 Å². The van der Waals surface area contributed by atoms with E-state index in [9.17, 15) is 15.8 Å². The van der Waals surface area contributed by atoms with Crippen LogP contribution in [0.2, 0.25) is 5.02 Å². The molecule has 29 heavy (non-hydrogen) atoms. The van der Waals surface area contributed by atoms with Crippen LogP contribution in [-0.4, -0.2) is 0 Å². The first-order valence-corrected chi connectivity index (χ1v) is 10.4. The van der Waals surface area contributed by atoms with Crippen LogP contribution in [0.4, 0.5) is 5.00 Å². The van der Waals surface area contributed by atoms with Crippen molar-refractivity contribution in [2.45, 2.75) is 31.6 Å². The molecule has 1 aromatic heterocycles. The van der Waals surface area contributed by atoms with Crippen molar-refractivity contribution >= 4 is 27.9 Å². The van der Waals surface area contributed by atoms with Crippen LogP contribution in [0.1, 0.15) is 40.3 Å². The maximum absolute atomic E-state index is 9.92. The number of nitrogens with one attached hydrogen (secondary N) is 2. The number of nitriles is 3. The number of hydrogen-bond donors (Lipinski definition) is 2. The van der Waals surface area contributed by atoms with Crippen molar-refractivity contribution in [2.24, 2.45) is 0 Å². The second-order valence-corrected chi connectivity index (χ2v) is 8.43. The van der Waals surface area contributed by atoms with Crippen LogP contribution < -0.4 is 10.6 Å². The van der Waals surface area contributed by atoms with Crippen LogP contribution in [-0.2, 0) is 12.8 Å². The highest BCUT2D eigenvalue weighted by atomic mass is 35.5. The molecule has 7 heteroatoms. The lowest BCUT2D eigenvalue weighted by Crippen LogP contribution is -2.25. The topological polar surface area (TPSA) is 95.4 Å². The van der Waals surface area contributed by atoms with Gasteiger partial charge in [-0.15, -0.1) is 11.3 Å². The van der Waals surface area contributed by atoms with Gasteiger partial charge >= 0.3 is 0 Å². The highest BCUT2D eigenvalue weighted by Gasteiger charge is 2.30. The number of benzene rings is 1. The van der Waals surface area contributed by atoms with Crippen molar-refractivity contribution in [2.75, 3.05) is 5.32 Å². The highest BCUT2D eigenvalue weighted by molar-refractivity contribution is 7.16. The monoisotopic (exact) mass is 417 g/mol. The molecule has 0 saturated heterocycles. The quantitative estimate of drug-likeness (QED) is 0.724. The van der Waals surface area contributed by atoms with E-state index in [1.165, 1.54) is 4.88 Å². The Labute approximate surface area is 178 Å². The molecule has 0 radical (unpaired) electrons. The molecule has 0 saturated carbocycles. The number of anilines is 1. The average molecular weight is 418 g/mol. The van der Waals surface area contributed by atoms with Gasteiger partial charge in [0.25, 0.3) is 0 Å². The summed E-state index contributed by atoms with van der Waals surface area (Å²) in [6.07, 6.45) is 5.74. The Bertz CT molecular complexity index is 1150. The molecule has 0 fully saturated rings.